The number of aryl methyl sites for hydroxylation is 1. The third-order valence-corrected chi connectivity index (χ3v) is 5.34. The van der Waals surface area contributed by atoms with E-state index in [0.717, 1.165) is 21.9 Å². The highest BCUT2D eigenvalue weighted by Gasteiger charge is 2.41. The van der Waals surface area contributed by atoms with E-state index in [-0.39, 0.29) is 4.92 Å². The molecule has 2 aromatic rings. The van der Waals surface area contributed by atoms with E-state index in [1.807, 2.05) is 55.5 Å². The monoisotopic (exact) mass is 432 g/mol. The Labute approximate surface area is 166 Å². The summed E-state index contributed by atoms with van der Waals surface area (Å²) >= 11 is 3.39. The van der Waals surface area contributed by atoms with Crippen LogP contribution in [0.2, 0.25) is 0 Å². The highest BCUT2D eigenvalue weighted by atomic mass is 79.9. The molecule has 0 aromatic heterocycles. The molecule has 6 nitrogen and oxygen atoms in total. The molecule has 0 aliphatic carbocycles. The van der Waals surface area contributed by atoms with Crippen LogP contribution in [0.4, 0.5) is 5.69 Å². The predicted octanol–water partition coefficient (Wildman–Crippen LogP) is 4.11. The Morgan fingerprint density at radius 1 is 1.22 bits per heavy atom. The molecule has 142 valence electrons. The van der Waals surface area contributed by atoms with Gasteiger partial charge in [0.05, 0.1) is 5.69 Å². The van der Waals surface area contributed by atoms with Gasteiger partial charge in [-0.2, -0.15) is 0 Å². The van der Waals surface area contributed by atoms with E-state index in [1.165, 1.54) is 0 Å². The fourth-order valence-corrected chi connectivity index (χ4v) is 3.59. The first-order valence-electron chi connectivity index (χ1n) is 8.84. The molecule has 1 heterocycles. The van der Waals surface area contributed by atoms with E-state index in [0.29, 0.717) is 24.9 Å². The maximum absolute atomic E-state index is 11.9. The van der Waals surface area contributed by atoms with E-state index >= 15 is 0 Å². The summed E-state index contributed by atoms with van der Waals surface area (Å²) in [5.74, 6) is 0. The third kappa shape index (κ3) is 4.73. The lowest BCUT2D eigenvalue weighted by Gasteiger charge is -2.39. The van der Waals surface area contributed by atoms with Gasteiger partial charge in [0.1, 0.15) is 12.1 Å². The van der Waals surface area contributed by atoms with Gasteiger partial charge in [-0.05, 0) is 49.6 Å². The van der Waals surface area contributed by atoms with Crippen LogP contribution in [0.25, 0.3) is 0 Å². The Bertz CT molecular complexity index is 795. The van der Waals surface area contributed by atoms with Crippen molar-refractivity contribution in [3.63, 3.8) is 0 Å². The molecular weight excluding hydrogens is 412 g/mol. The first-order valence-corrected chi connectivity index (χ1v) is 9.63. The average Bonchev–Trinajstić information content (AvgIpc) is 2.67. The molecule has 27 heavy (non-hydrogen) atoms. The molecule has 0 bridgehead atoms. The van der Waals surface area contributed by atoms with E-state index in [1.54, 1.807) is 5.06 Å². The van der Waals surface area contributed by atoms with Crippen LogP contribution < -0.4 is 5.06 Å². The normalized spacial score (nSPS) is 20.9. The molecule has 1 aliphatic rings. The van der Waals surface area contributed by atoms with Crippen molar-refractivity contribution in [1.29, 1.82) is 0 Å². The molecule has 0 saturated carbocycles. The lowest BCUT2D eigenvalue weighted by molar-refractivity contribution is -0.527. The van der Waals surface area contributed by atoms with Crippen LogP contribution in [0, 0.1) is 17.0 Å². The second-order valence-corrected chi connectivity index (χ2v) is 7.68. The molecule has 0 spiro atoms. The standard InChI is InChI=1S/C20H21BrN2O4/c1-14-2-4-15(5-3-14)12-20(23(25)26)19-11-10-18(13-24)27-22(19)17-8-6-16(21)7-9-17/h2-9,13,18-20H,10-12H2,1H3/t18-,19-,20+/m1/s1. The minimum atomic E-state index is -0.844. The zero-order chi connectivity index (χ0) is 19.4. The van der Waals surface area contributed by atoms with Crippen LogP contribution in [0.15, 0.2) is 53.0 Å². The quantitative estimate of drug-likeness (QED) is 0.390. The third-order valence-electron chi connectivity index (χ3n) is 4.81. The summed E-state index contributed by atoms with van der Waals surface area (Å²) in [4.78, 5) is 28.7. The van der Waals surface area contributed by atoms with Crippen molar-refractivity contribution >= 4 is 27.9 Å². The lowest BCUT2D eigenvalue weighted by atomic mass is 9.93. The number of benzene rings is 2. The van der Waals surface area contributed by atoms with Crippen LogP contribution in [-0.2, 0) is 16.1 Å². The SMILES string of the molecule is Cc1ccc(C[C@@H]([C@H]2CC[C@H](C=O)ON2c2ccc(Br)cc2)[N+](=O)[O-])cc1. The molecule has 2 aromatic carbocycles. The molecule has 3 rings (SSSR count). The van der Waals surface area contributed by atoms with Crippen molar-refractivity contribution in [3.05, 3.63) is 74.2 Å². The molecule has 1 fully saturated rings. The van der Waals surface area contributed by atoms with Gasteiger partial charge in [0, 0.05) is 15.8 Å². The number of rotatable bonds is 6. The number of carbonyl (C=O) groups is 1. The number of nitrogens with zero attached hydrogens (tertiary/aromatic N) is 2. The van der Waals surface area contributed by atoms with Gasteiger partial charge in [0.25, 0.3) is 0 Å². The fourth-order valence-electron chi connectivity index (χ4n) is 3.33. The molecule has 0 amide bonds. The van der Waals surface area contributed by atoms with Gasteiger partial charge in [-0.1, -0.05) is 45.8 Å². The van der Waals surface area contributed by atoms with Gasteiger partial charge < -0.3 is 4.79 Å². The Morgan fingerprint density at radius 2 is 1.89 bits per heavy atom. The van der Waals surface area contributed by atoms with Gasteiger partial charge in [-0.3, -0.25) is 15.0 Å². The predicted molar refractivity (Wildman–Crippen MR) is 106 cm³/mol. The molecule has 1 saturated heterocycles. The Morgan fingerprint density at radius 3 is 2.48 bits per heavy atom. The highest BCUT2D eigenvalue weighted by Crippen LogP contribution is 2.31. The van der Waals surface area contributed by atoms with Crippen LogP contribution in [0.5, 0.6) is 0 Å². The topological polar surface area (TPSA) is 72.7 Å². The van der Waals surface area contributed by atoms with Gasteiger partial charge >= 0.3 is 0 Å². The summed E-state index contributed by atoms with van der Waals surface area (Å²) in [6.45, 7) is 1.98. The number of halogens is 1. The second kappa shape index (κ2) is 8.63. The molecule has 3 atom stereocenters. The van der Waals surface area contributed by atoms with Crippen molar-refractivity contribution in [2.75, 3.05) is 5.06 Å². The van der Waals surface area contributed by atoms with E-state index in [2.05, 4.69) is 15.9 Å². The van der Waals surface area contributed by atoms with Crippen LogP contribution in [-0.4, -0.2) is 29.4 Å². The van der Waals surface area contributed by atoms with E-state index in [4.69, 9.17) is 4.84 Å². The molecule has 0 radical (unpaired) electrons. The summed E-state index contributed by atoms with van der Waals surface area (Å²) in [5, 5.41) is 13.5. The van der Waals surface area contributed by atoms with Gasteiger partial charge in [0.15, 0.2) is 6.29 Å². The average molecular weight is 433 g/mol. The first-order chi connectivity index (χ1) is 13.0. The fraction of sp³-hybridized carbons (Fsp3) is 0.350. The number of aldehydes is 1. The molecule has 7 heteroatoms. The summed E-state index contributed by atoms with van der Waals surface area (Å²) in [5.41, 5.74) is 2.73. The number of hydroxylamine groups is 1. The van der Waals surface area contributed by atoms with Crippen molar-refractivity contribution in [2.24, 2.45) is 0 Å². The highest BCUT2D eigenvalue weighted by molar-refractivity contribution is 9.10. The van der Waals surface area contributed by atoms with E-state index < -0.39 is 18.2 Å². The van der Waals surface area contributed by atoms with Crippen molar-refractivity contribution < 1.29 is 14.6 Å². The summed E-state index contributed by atoms with van der Waals surface area (Å²) in [6, 6.07) is 13.8. The van der Waals surface area contributed by atoms with Crippen molar-refractivity contribution in [2.45, 2.75) is 44.4 Å². The summed E-state index contributed by atoms with van der Waals surface area (Å²) in [7, 11) is 0. The number of carbonyl (C=O) groups excluding carboxylic acids is 1. The molecule has 0 N–H and O–H groups in total. The van der Waals surface area contributed by atoms with Crippen LogP contribution >= 0.6 is 15.9 Å². The first kappa shape index (κ1) is 19.5. The zero-order valence-electron chi connectivity index (χ0n) is 15.0. The maximum atomic E-state index is 11.9. The minimum absolute atomic E-state index is 0.235. The summed E-state index contributed by atoms with van der Waals surface area (Å²) in [6.07, 6.45) is 1.45. The zero-order valence-corrected chi connectivity index (χ0v) is 16.5. The van der Waals surface area contributed by atoms with Crippen molar-refractivity contribution in [1.82, 2.24) is 0 Å². The second-order valence-electron chi connectivity index (χ2n) is 6.77. The molecular formula is C20H21BrN2O4. The van der Waals surface area contributed by atoms with Gasteiger partial charge in [0.2, 0.25) is 6.04 Å². The Kier molecular flexibility index (Phi) is 6.23. The van der Waals surface area contributed by atoms with Gasteiger partial charge in [-0.15, -0.1) is 0 Å². The Hall–Kier alpha value is -2.25. The van der Waals surface area contributed by atoms with Gasteiger partial charge in [-0.25, -0.2) is 5.06 Å². The molecule has 1 aliphatic heterocycles. The number of hydrogen-bond donors (Lipinski definition) is 0. The molecule has 0 unspecified atom stereocenters. The van der Waals surface area contributed by atoms with E-state index in [9.17, 15) is 14.9 Å². The number of hydrogen-bond acceptors (Lipinski definition) is 5. The number of anilines is 1. The minimum Gasteiger partial charge on any atom is -0.300 e. The Balaban J connectivity index is 1.89. The number of nitro groups is 1. The van der Waals surface area contributed by atoms with Crippen LogP contribution in [0.1, 0.15) is 24.0 Å². The lowest BCUT2D eigenvalue weighted by Crippen LogP contribution is -2.53. The maximum Gasteiger partial charge on any atom is 0.239 e. The van der Waals surface area contributed by atoms with Crippen LogP contribution in [0.3, 0.4) is 0 Å². The van der Waals surface area contributed by atoms with Crippen molar-refractivity contribution in [3.8, 4) is 0 Å². The largest absolute Gasteiger partial charge is 0.300 e. The summed E-state index contributed by atoms with van der Waals surface area (Å²) < 4.78 is 0.900. The smallest absolute Gasteiger partial charge is 0.239 e.